The first-order chi connectivity index (χ1) is 11.5. The number of aliphatic hydroxyl groups is 1. The molecule has 24 heavy (non-hydrogen) atoms. The van der Waals surface area contributed by atoms with Crippen LogP contribution in [0.5, 0.6) is 0 Å². The van der Waals surface area contributed by atoms with E-state index in [0.29, 0.717) is 17.1 Å². The summed E-state index contributed by atoms with van der Waals surface area (Å²) in [6.45, 7) is 4.66. The number of aromatic nitrogens is 2. The predicted molar refractivity (Wildman–Crippen MR) is 93.6 cm³/mol. The van der Waals surface area contributed by atoms with Gasteiger partial charge in [0.2, 0.25) is 0 Å². The number of piperidine rings is 1. The molecule has 3 rings (SSSR count). The number of likely N-dealkylation sites (tertiary alicyclic amines) is 1. The maximum atomic E-state index is 13.0. The molecule has 5 nitrogen and oxygen atoms in total. The van der Waals surface area contributed by atoms with Crippen molar-refractivity contribution in [3.05, 3.63) is 46.7 Å². The normalized spacial score (nSPS) is 21.1. The number of aliphatic hydroxyl groups excluding tert-OH is 1. The van der Waals surface area contributed by atoms with Crippen LogP contribution in [0.1, 0.15) is 35.8 Å². The van der Waals surface area contributed by atoms with Crippen molar-refractivity contribution < 1.29 is 9.90 Å². The highest BCUT2D eigenvalue weighted by molar-refractivity contribution is 6.30. The highest BCUT2D eigenvalue weighted by atomic mass is 35.5. The highest BCUT2D eigenvalue weighted by Crippen LogP contribution is 2.25. The van der Waals surface area contributed by atoms with Crippen LogP contribution in [-0.2, 0) is 0 Å². The molecule has 1 aromatic carbocycles. The fourth-order valence-electron chi connectivity index (χ4n) is 3.26. The van der Waals surface area contributed by atoms with Crippen molar-refractivity contribution in [2.45, 2.75) is 32.7 Å². The second-order valence-corrected chi connectivity index (χ2v) is 6.90. The molecule has 1 aromatic heterocycles. The average molecular weight is 348 g/mol. The minimum absolute atomic E-state index is 0.0218. The molecule has 1 aliphatic heterocycles. The van der Waals surface area contributed by atoms with E-state index in [1.54, 1.807) is 16.9 Å². The number of halogens is 1. The lowest BCUT2D eigenvalue weighted by Gasteiger charge is -2.37. The SMILES string of the molecule is Cc1c(C(=O)N2CC(CO)CCC2C)cnn1-c1cccc(Cl)c1. The third kappa shape index (κ3) is 3.19. The smallest absolute Gasteiger partial charge is 0.257 e. The summed E-state index contributed by atoms with van der Waals surface area (Å²) in [5, 5.41) is 14.4. The molecule has 1 N–H and O–H groups in total. The number of carbonyl (C=O) groups is 1. The van der Waals surface area contributed by atoms with Crippen LogP contribution in [-0.4, -0.2) is 44.9 Å². The molecule has 0 spiro atoms. The van der Waals surface area contributed by atoms with Crippen molar-refractivity contribution in [2.75, 3.05) is 13.2 Å². The van der Waals surface area contributed by atoms with Gasteiger partial charge in [-0.25, -0.2) is 4.68 Å². The summed E-state index contributed by atoms with van der Waals surface area (Å²) in [5.41, 5.74) is 2.22. The van der Waals surface area contributed by atoms with Gasteiger partial charge in [0.1, 0.15) is 0 Å². The molecule has 1 amide bonds. The second kappa shape index (κ2) is 6.95. The van der Waals surface area contributed by atoms with Crippen LogP contribution in [0.3, 0.4) is 0 Å². The highest BCUT2D eigenvalue weighted by Gasteiger charge is 2.31. The standard InChI is InChI=1S/C18H22ClN3O2/c1-12-6-7-14(11-23)10-21(12)18(24)17-9-20-22(13(17)2)16-5-3-4-15(19)8-16/h3-5,8-9,12,14,23H,6-7,10-11H2,1-2H3. The van der Waals surface area contributed by atoms with E-state index in [1.165, 1.54) is 0 Å². The molecule has 0 aliphatic carbocycles. The molecule has 2 heterocycles. The van der Waals surface area contributed by atoms with Gasteiger partial charge in [0.25, 0.3) is 5.91 Å². The first-order valence-electron chi connectivity index (χ1n) is 8.23. The van der Waals surface area contributed by atoms with Crippen LogP contribution in [0.25, 0.3) is 5.69 Å². The molecule has 0 bridgehead atoms. The Labute approximate surface area is 146 Å². The Balaban J connectivity index is 1.88. The first kappa shape index (κ1) is 17.0. The number of rotatable bonds is 3. The molecule has 1 fully saturated rings. The Morgan fingerprint density at radius 2 is 2.21 bits per heavy atom. The lowest BCUT2D eigenvalue weighted by atomic mass is 9.93. The van der Waals surface area contributed by atoms with Crippen molar-refractivity contribution in [3.63, 3.8) is 0 Å². The molecule has 2 unspecified atom stereocenters. The monoisotopic (exact) mass is 347 g/mol. The summed E-state index contributed by atoms with van der Waals surface area (Å²) in [5.74, 6) is 0.139. The number of nitrogens with zero attached hydrogens (tertiary/aromatic N) is 3. The van der Waals surface area contributed by atoms with Gasteiger partial charge in [-0.15, -0.1) is 0 Å². The van der Waals surface area contributed by atoms with E-state index >= 15 is 0 Å². The number of amides is 1. The van der Waals surface area contributed by atoms with Crippen molar-refractivity contribution in [1.82, 2.24) is 14.7 Å². The van der Waals surface area contributed by atoms with E-state index in [1.807, 2.05) is 30.0 Å². The zero-order chi connectivity index (χ0) is 17.3. The van der Waals surface area contributed by atoms with Gasteiger partial charge in [-0.1, -0.05) is 17.7 Å². The van der Waals surface area contributed by atoms with Crippen molar-refractivity contribution in [1.29, 1.82) is 0 Å². The van der Waals surface area contributed by atoms with Crippen LogP contribution >= 0.6 is 11.6 Å². The van der Waals surface area contributed by atoms with Gasteiger partial charge in [0.05, 0.1) is 23.1 Å². The first-order valence-corrected chi connectivity index (χ1v) is 8.61. The third-order valence-electron chi connectivity index (χ3n) is 4.79. The summed E-state index contributed by atoms with van der Waals surface area (Å²) in [6.07, 6.45) is 3.49. The van der Waals surface area contributed by atoms with Gasteiger partial charge < -0.3 is 10.0 Å². The van der Waals surface area contributed by atoms with Gasteiger partial charge in [0, 0.05) is 24.2 Å². The Kier molecular flexibility index (Phi) is 4.92. The summed E-state index contributed by atoms with van der Waals surface area (Å²) < 4.78 is 1.73. The van der Waals surface area contributed by atoms with Crippen LogP contribution in [0.2, 0.25) is 5.02 Å². The maximum Gasteiger partial charge on any atom is 0.257 e. The van der Waals surface area contributed by atoms with Crippen LogP contribution in [0.15, 0.2) is 30.5 Å². The molecule has 2 aromatic rings. The van der Waals surface area contributed by atoms with Gasteiger partial charge in [-0.05, 0) is 50.8 Å². The van der Waals surface area contributed by atoms with Gasteiger partial charge in [-0.3, -0.25) is 4.79 Å². The molecular weight excluding hydrogens is 326 g/mol. The molecule has 1 aliphatic rings. The van der Waals surface area contributed by atoms with Gasteiger partial charge in [0.15, 0.2) is 0 Å². The topological polar surface area (TPSA) is 58.4 Å². The lowest BCUT2D eigenvalue weighted by Crippen LogP contribution is -2.46. The van der Waals surface area contributed by atoms with Crippen molar-refractivity contribution >= 4 is 17.5 Å². The molecule has 2 atom stereocenters. The Bertz CT molecular complexity index is 744. The van der Waals surface area contributed by atoms with E-state index < -0.39 is 0 Å². The average Bonchev–Trinajstić information content (AvgIpc) is 2.96. The Hall–Kier alpha value is -1.85. The fourth-order valence-corrected chi connectivity index (χ4v) is 3.44. The van der Waals surface area contributed by atoms with Gasteiger partial charge in [-0.2, -0.15) is 5.10 Å². The quantitative estimate of drug-likeness (QED) is 0.928. The number of carbonyl (C=O) groups excluding carboxylic acids is 1. The molecule has 128 valence electrons. The van der Waals surface area contributed by atoms with E-state index in [-0.39, 0.29) is 24.5 Å². The minimum Gasteiger partial charge on any atom is -0.396 e. The number of hydrogen-bond acceptors (Lipinski definition) is 3. The van der Waals surface area contributed by atoms with E-state index in [4.69, 9.17) is 11.6 Å². The van der Waals surface area contributed by atoms with Crippen LogP contribution in [0, 0.1) is 12.8 Å². The van der Waals surface area contributed by atoms with Crippen molar-refractivity contribution in [3.8, 4) is 5.69 Å². The van der Waals surface area contributed by atoms with Crippen molar-refractivity contribution in [2.24, 2.45) is 5.92 Å². The lowest BCUT2D eigenvalue weighted by molar-refractivity contribution is 0.0488. The zero-order valence-corrected chi connectivity index (χ0v) is 14.7. The van der Waals surface area contributed by atoms with Crippen LogP contribution < -0.4 is 0 Å². The largest absolute Gasteiger partial charge is 0.396 e. The summed E-state index contributed by atoms with van der Waals surface area (Å²) in [4.78, 5) is 14.8. The van der Waals surface area contributed by atoms with E-state index in [2.05, 4.69) is 12.0 Å². The minimum atomic E-state index is -0.0218. The summed E-state index contributed by atoms with van der Waals surface area (Å²) in [6, 6.07) is 7.57. The van der Waals surface area contributed by atoms with Crippen LogP contribution in [0.4, 0.5) is 0 Å². The predicted octanol–water partition coefficient (Wildman–Crippen LogP) is 3.07. The summed E-state index contributed by atoms with van der Waals surface area (Å²) in [7, 11) is 0. The summed E-state index contributed by atoms with van der Waals surface area (Å²) >= 11 is 6.05. The molecule has 0 saturated carbocycles. The number of benzene rings is 1. The number of hydrogen-bond donors (Lipinski definition) is 1. The maximum absolute atomic E-state index is 13.0. The zero-order valence-electron chi connectivity index (χ0n) is 13.9. The van der Waals surface area contributed by atoms with E-state index in [0.717, 1.165) is 24.2 Å². The van der Waals surface area contributed by atoms with Gasteiger partial charge >= 0.3 is 0 Å². The third-order valence-corrected chi connectivity index (χ3v) is 5.03. The molecule has 1 saturated heterocycles. The van der Waals surface area contributed by atoms with E-state index in [9.17, 15) is 9.90 Å². The second-order valence-electron chi connectivity index (χ2n) is 6.47. The molecular formula is C18H22ClN3O2. The Morgan fingerprint density at radius 3 is 2.92 bits per heavy atom. The molecule has 0 radical (unpaired) electrons. The Morgan fingerprint density at radius 1 is 1.42 bits per heavy atom. The molecule has 6 heteroatoms. The fraction of sp³-hybridized carbons (Fsp3) is 0.444.